The second-order valence-corrected chi connectivity index (χ2v) is 8.09. The second kappa shape index (κ2) is 5.77. The van der Waals surface area contributed by atoms with Crippen molar-refractivity contribution in [2.24, 2.45) is 0 Å². The molecule has 0 unspecified atom stereocenters. The SMILES string of the molecule is COc1cc2ncnc([Se][K])c2cc1OC. The van der Waals surface area contributed by atoms with E-state index >= 15 is 0 Å². The van der Waals surface area contributed by atoms with E-state index in [1.165, 1.54) is 4.59 Å². The quantitative estimate of drug-likeness (QED) is 0.752. The summed E-state index contributed by atoms with van der Waals surface area (Å²) in [7, 11) is 3.27. The maximum absolute atomic E-state index is 5.29. The van der Waals surface area contributed by atoms with Gasteiger partial charge in [-0.3, -0.25) is 0 Å². The normalized spacial score (nSPS) is 10.5. The number of hydrogen-bond donors (Lipinski definition) is 0. The van der Waals surface area contributed by atoms with Gasteiger partial charge in [0.15, 0.2) is 0 Å². The van der Waals surface area contributed by atoms with Crippen molar-refractivity contribution in [1.29, 1.82) is 0 Å². The van der Waals surface area contributed by atoms with E-state index in [1.54, 1.807) is 20.5 Å². The zero-order chi connectivity index (χ0) is 11.5. The molecule has 0 aliphatic rings. The minimum atomic E-state index is 0.522. The van der Waals surface area contributed by atoms with Gasteiger partial charge in [0, 0.05) is 0 Å². The fraction of sp³-hybridized carbons (Fsp3) is 0.200. The van der Waals surface area contributed by atoms with Gasteiger partial charge >= 0.3 is 130 Å². The first kappa shape index (κ1) is 12.8. The summed E-state index contributed by atoms with van der Waals surface area (Å²) in [6, 6.07) is 3.87. The molecule has 78 valence electrons. The Balaban J connectivity index is 2.72. The molecule has 0 spiro atoms. The molecule has 0 aliphatic carbocycles. The molecular weight excluding hydrogens is 298 g/mol. The summed E-state index contributed by atoms with van der Waals surface area (Å²) in [5, 5.41) is 1.09. The maximum atomic E-state index is 5.29. The Morgan fingerprint density at radius 2 is 1.81 bits per heavy atom. The number of aromatic nitrogens is 2. The molecule has 4 nitrogen and oxygen atoms in total. The molecular formula is C10H9KN2O2Se. The van der Waals surface area contributed by atoms with Crippen molar-refractivity contribution in [3.8, 4) is 11.5 Å². The van der Waals surface area contributed by atoms with E-state index in [4.69, 9.17) is 9.47 Å². The van der Waals surface area contributed by atoms with Crippen LogP contribution >= 0.6 is 0 Å². The number of rotatable bonds is 3. The van der Waals surface area contributed by atoms with E-state index in [1.807, 2.05) is 12.1 Å². The van der Waals surface area contributed by atoms with Crippen molar-refractivity contribution in [3.63, 3.8) is 0 Å². The fourth-order valence-electron chi connectivity index (χ4n) is 1.52. The molecule has 0 N–H and O–H groups in total. The van der Waals surface area contributed by atoms with Crippen molar-refractivity contribution < 1.29 is 9.47 Å². The van der Waals surface area contributed by atoms with Crippen LogP contribution in [-0.4, -0.2) is 75.2 Å². The zero-order valence-electron chi connectivity index (χ0n) is 9.35. The summed E-state index contributed by atoms with van der Waals surface area (Å²) in [6.45, 7) is 0. The Kier molecular flexibility index (Phi) is 4.61. The average molecular weight is 307 g/mol. The number of ether oxygens (including phenoxy) is 2. The predicted octanol–water partition coefficient (Wildman–Crippen LogP) is 0.0600. The van der Waals surface area contributed by atoms with Crippen LogP contribution in [0.5, 0.6) is 11.5 Å². The van der Waals surface area contributed by atoms with E-state index in [0.29, 0.717) is 11.3 Å². The van der Waals surface area contributed by atoms with Crippen molar-refractivity contribution in [3.05, 3.63) is 18.5 Å². The molecule has 6 heteroatoms. The first-order valence-electron chi connectivity index (χ1n) is 4.71. The molecule has 1 aromatic heterocycles. The third kappa shape index (κ3) is 2.43. The third-order valence-electron chi connectivity index (χ3n) is 2.30. The van der Waals surface area contributed by atoms with Crippen LogP contribution < -0.4 is 14.1 Å². The van der Waals surface area contributed by atoms with Gasteiger partial charge < -0.3 is 0 Å². The van der Waals surface area contributed by atoms with Gasteiger partial charge in [0.2, 0.25) is 0 Å². The summed E-state index contributed by atoms with van der Waals surface area (Å²) in [5.74, 6) is 1.45. The Labute approximate surface area is 128 Å². The van der Waals surface area contributed by atoms with Crippen LogP contribution in [-0.2, 0) is 0 Å². The van der Waals surface area contributed by atoms with Crippen molar-refractivity contribution in [2.75, 3.05) is 14.2 Å². The number of nitrogens with zero attached hydrogens (tertiary/aromatic N) is 2. The third-order valence-corrected chi connectivity index (χ3v) is 6.93. The van der Waals surface area contributed by atoms with Gasteiger partial charge in [-0.1, -0.05) is 0 Å². The number of hydrogen-bond acceptors (Lipinski definition) is 4. The van der Waals surface area contributed by atoms with Crippen LogP contribution in [0.3, 0.4) is 0 Å². The summed E-state index contributed by atoms with van der Waals surface area (Å²) in [6.07, 6.45) is 1.62. The van der Waals surface area contributed by atoms with Crippen molar-refractivity contribution in [2.45, 2.75) is 0 Å². The zero-order valence-corrected chi connectivity index (χ0v) is 14.2. The summed E-state index contributed by atoms with van der Waals surface area (Å²) >= 11 is 0.800. The van der Waals surface area contributed by atoms with Crippen LogP contribution in [0.15, 0.2) is 18.5 Å². The van der Waals surface area contributed by atoms with E-state index < -0.39 is 0 Å². The van der Waals surface area contributed by atoms with Gasteiger partial charge in [0.25, 0.3) is 0 Å². The summed E-state index contributed by atoms with van der Waals surface area (Å²) in [4.78, 5) is 8.58. The van der Waals surface area contributed by atoms with Gasteiger partial charge in [-0.05, 0) is 0 Å². The molecule has 0 radical (unpaired) electrons. The minimum absolute atomic E-state index is 0.522. The van der Waals surface area contributed by atoms with Crippen LogP contribution in [0.4, 0.5) is 0 Å². The van der Waals surface area contributed by atoms with Crippen molar-refractivity contribution >= 4 is 66.5 Å². The molecule has 2 aromatic rings. The molecule has 0 fully saturated rings. The van der Waals surface area contributed by atoms with Crippen molar-refractivity contribution in [1.82, 2.24) is 9.97 Å². The molecule has 1 aromatic carbocycles. The Bertz CT molecular complexity index is 521. The van der Waals surface area contributed by atoms with Gasteiger partial charge in [-0.2, -0.15) is 0 Å². The number of methoxy groups -OCH3 is 2. The second-order valence-electron chi connectivity index (χ2n) is 3.11. The first-order chi connectivity index (χ1) is 7.80. The number of fused-ring (bicyclic) bond motifs is 1. The van der Waals surface area contributed by atoms with Crippen LogP contribution in [0, 0.1) is 0 Å². The van der Waals surface area contributed by atoms with Gasteiger partial charge in [0.05, 0.1) is 0 Å². The van der Waals surface area contributed by atoms with Gasteiger partial charge in [-0.15, -0.1) is 0 Å². The predicted molar refractivity (Wildman–Crippen MR) is 63.8 cm³/mol. The van der Waals surface area contributed by atoms with Crippen LogP contribution in [0.1, 0.15) is 0 Å². The molecule has 0 saturated carbocycles. The van der Waals surface area contributed by atoms with E-state index in [-0.39, 0.29) is 0 Å². The van der Waals surface area contributed by atoms with E-state index in [0.717, 1.165) is 62.0 Å². The molecule has 2 rings (SSSR count). The fourth-order valence-corrected chi connectivity index (χ4v) is 5.29. The topological polar surface area (TPSA) is 44.2 Å². The standard InChI is InChI=1S/C10H10N2O2Se.K/c1-13-8-3-6-7(4-9(8)14-2)11-5-12-10(6)15;/h3-5H,1-2H3,(H,11,12,15);/q;+1/p-1. The average Bonchev–Trinajstić information content (AvgIpc) is 2.36. The molecule has 0 atom stereocenters. The van der Waals surface area contributed by atoms with Gasteiger partial charge in [-0.25, -0.2) is 0 Å². The molecule has 0 bridgehead atoms. The molecule has 0 aliphatic heterocycles. The Morgan fingerprint density at radius 1 is 1.12 bits per heavy atom. The molecule has 0 amide bonds. The van der Waals surface area contributed by atoms with E-state index in [9.17, 15) is 0 Å². The molecule has 16 heavy (non-hydrogen) atoms. The Hall–Kier alpha value is 0.316. The Morgan fingerprint density at radius 3 is 2.44 bits per heavy atom. The van der Waals surface area contributed by atoms with Gasteiger partial charge in [0.1, 0.15) is 0 Å². The summed E-state index contributed by atoms with van der Waals surface area (Å²) < 4.78 is 11.7. The molecule has 0 saturated heterocycles. The van der Waals surface area contributed by atoms with Crippen LogP contribution in [0.25, 0.3) is 10.9 Å². The first-order valence-corrected chi connectivity index (χ1v) is 13.9. The number of benzene rings is 1. The van der Waals surface area contributed by atoms with Crippen LogP contribution in [0.2, 0.25) is 0 Å². The van der Waals surface area contributed by atoms with E-state index in [2.05, 4.69) is 9.97 Å². The monoisotopic (exact) mass is 308 g/mol. The summed E-state index contributed by atoms with van der Waals surface area (Å²) in [5.41, 5.74) is 1.45. The molecule has 1 heterocycles.